The van der Waals surface area contributed by atoms with Crippen molar-refractivity contribution in [1.82, 2.24) is 9.97 Å². The van der Waals surface area contributed by atoms with Crippen LogP contribution in [0.3, 0.4) is 0 Å². The Balaban J connectivity index is 2.13. The lowest BCUT2D eigenvalue weighted by Crippen LogP contribution is -2.44. The monoisotopic (exact) mass is 521 g/mol. The zero-order chi connectivity index (χ0) is 26.8. The van der Waals surface area contributed by atoms with Crippen molar-refractivity contribution in [3.05, 3.63) is 47.4 Å². The van der Waals surface area contributed by atoms with Gasteiger partial charge in [-0.15, -0.1) is 0 Å². The van der Waals surface area contributed by atoms with Gasteiger partial charge in [0.05, 0.1) is 36.3 Å². The first-order valence-corrected chi connectivity index (χ1v) is 13.4. The summed E-state index contributed by atoms with van der Waals surface area (Å²) >= 11 is 0. The number of carboxylic acid groups (broad SMARTS) is 1. The van der Waals surface area contributed by atoms with Crippen molar-refractivity contribution < 1.29 is 32.2 Å². The molecule has 11 heteroatoms. The average Bonchev–Trinajstić information content (AvgIpc) is 2.75. The van der Waals surface area contributed by atoms with Gasteiger partial charge >= 0.3 is 5.97 Å². The van der Waals surface area contributed by atoms with Gasteiger partial charge in [-0.25, -0.2) is 27.1 Å². The molecule has 3 rings (SSSR count). The van der Waals surface area contributed by atoms with Crippen molar-refractivity contribution in [2.45, 2.75) is 64.4 Å². The van der Waals surface area contributed by atoms with Gasteiger partial charge in [0.2, 0.25) is 16.0 Å². The second-order valence-electron chi connectivity index (χ2n) is 9.55. The largest absolute Gasteiger partial charge is 0.481 e. The number of hydrogen-bond acceptors (Lipinski definition) is 7. The molecule has 0 spiro atoms. The summed E-state index contributed by atoms with van der Waals surface area (Å²) in [4.78, 5) is 20.3. The highest BCUT2D eigenvalue weighted by molar-refractivity contribution is 7.92. The van der Waals surface area contributed by atoms with Crippen LogP contribution in [0.5, 0.6) is 0 Å². The topological polar surface area (TPSA) is 119 Å². The molecule has 0 amide bonds. The molecule has 1 saturated heterocycles. The van der Waals surface area contributed by atoms with Crippen LogP contribution in [0.4, 0.5) is 10.3 Å². The molecule has 0 radical (unpaired) electrons. The summed E-state index contributed by atoms with van der Waals surface area (Å²) in [5, 5.41) is 9.21. The molecule has 2 heterocycles. The van der Waals surface area contributed by atoms with Gasteiger partial charge in [0, 0.05) is 24.6 Å². The molecule has 1 aliphatic heterocycles. The summed E-state index contributed by atoms with van der Waals surface area (Å²) in [6.45, 7) is 7.30. The van der Waals surface area contributed by atoms with E-state index in [1.807, 2.05) is 13.8 Å². The molecule has 196 valence electrons. The number of aliphatic carboxylic acids is 1. The number of rotatable bonds is 8. The Morgan fingerprint density at radius 3 is 2.44 bits per heavy atom. The fourth-order valence-electron chi connectivity index (χ4n) is 3.99. The third-order valence-electron chi connectivity index (χ3n) is 5.67. The Morgan fingerprint density at radius 2 is 1.89 bits per heavy atom. The van der Waals surface area contributed by atoms with E-state index in [4.69, 9.17) is 9.47 Å². The molecule has 1 aromatic carbocycles. The van der Waals surface area contributed by atoms with Gasteiger partial charge in [0.1, 0.15) is 5.82 Å². The molecule has 0 saturated carbocycles. The predicted molar refractivity (Wildman–Crippen MR) is 134 cm³/mol. The van der Waals surface area contributed by atoms with Gasteiger partial charge in [-0.3, -0.25) is 4.79 Å². The molecule has 1 aliphatic rings. The second-order valence-corrected chi connectivity index (χ2v) is 11.6. The maximum Gasteiger partial charge on any atom is 0.305 e. The molecule has 0 aliphatic carbocycles. The first kappa shape index (κ1) is 27.7. The Bertz CT molecular complexity index is 1250. The summed E-state index contributed by atoms with van der Waals surface area (Å²) in [5.74, 6) is -2.45. The van der Waals surface area contributed by atoms with Crippen molar-refractivity contribution in [1.29, 1.82) is 0 Å². The Kier molecular flexibility index (Phi) is 8.17. The fourth-order valence-corrected chi connectivity index (χ4v) is 4.36. The van der Waals surface area contributed by atoms with Crippen LogP contribution in [0.25, 0.3) is 17.3 Å². The van der Waals surface area contributed by atoms with Crippen molar-refractivity contribution in [2.75, 3.05) is 17.6 Å². The van der Waals surface area contributed by atoms with Gasteiger partial charge in [0.25, 0.3) is 0 Å². The minimum atomic E-state index is -3.63. The van der Waals surface area contributed by atoms with Gasteiger partial charge in [0.15, 0.2) is 5.79 Å². The van der Waals surface area contributed by atoms with E-state index in [1.165, 1.54) is 19.2 Å². The predicted octanol–water partition coefficient (Wildman–Crippen LogP) is 4.20. The van der Waals surface area contributed by atoms with Crippen LogP contribution in [0.15, 0.2) is 30.3 Å². The Hall–Kier alpha value is -2.89. The molecule has 1 fully saturated rings. The molecule has 36 heavy (non-hydrogen) atoms. The van der Waals surface area contributed by atoms with Crippen molar-refractivity contribution >= 4 is 28.0 Å². The third kappa shape index (κ3) is 6.86. The number of carboxylic acids is 1. The summed E-state index contributed by atoms with van der Waals surface area (Å²) in [5.41, 5.74) is 2.24. The number of carbonyl (C=O) groups is 1. The van der Waals surface area contributed by atoms with Gasteiger partial charge in [-0.2, -0.15) is 0 Å². The van der Waals surface area contributed by atoms with Gasteiger partial charge in [-0.1, -0.05) is 26.0 Å². The van der Waals surface area contributed by atoms with E-state index >= 15 is 0 Å². The molecule has 1 aromatic heterocycles. The summed E-state index contributed by atoms with van der Waals surface area (Å²) in [6, 6.07) is 5.75. The number of anilines is 1. The zero-order valence-corrected chi connectivity index (χ0v) is 22.0. The molecule has 0 bridgehead atoms. The van der Waals surface area contributed by atoms with E-state index in [0.29, 0.717) is 28.9 Å². The summed E-state index contributed by atoms with van der Waals surface area (Å²) in [7, 11) is -2.25. The molecule has 1 N–H and O–H groups in total. The van der Waals surface area contributed by atoms with Crippen LogP contribution >= 0.6 is 0 Å². The van der Waals surface area contributed by atoms with E-state index < -0.39 is 39.8 Å². The van der Waals surface area contributed by atoms with Crippen molar-refractivity contribution in [3.8, 4) is 11.3 Å². The fraction of sp³-hybridized carbons (Fsp3) is 0.480. The molecule has 2 atom stereocenters. The smallest absolute Gasteiger partial charge is 0.305 e. The second kappa shape index (κ2) is 10.6. The van der Waals surface area contributed by atoms with E-state index in [1.54, 1.807) is 38.1 Å². The molecular weight excluding hydrogens is 489 g/mol. The number of benzene rings is 1. The number of hydrogen-bond donors (Lipinski definition) is 1. The van der Waals surface area contributed by atoms with Crippen LogP contribution in [0.1, 0.15) is 57.7 Å². The quantitative estimate of drug-likeness (QED) is 0.549. The van der Waals surface area contributed by atoms with Crippen LogP contribution in [-0.2, 0) is 24.3 Å². The summed E-state index contributed by atoms with van der Waals surface area (Å²) < 4.78 is 50.8. The van der Waals surface area contributed by atoms with Gasteiger partial charge < -0.3 is 14.6 Å². The van der Waals surface area contributed by atoms with E-state index in [2.05, 4.69) is 9.97 Å². The lowest BCUT2D eigenvalue weighted by molar-refractivity contribution is -0.290. The Labute approximate surface area is 211 Å². The highest BCUT2D eigenvalue weighted by atomic mass is 32.2. The normalized spacial score (nSPS) is 20.1. The van der Waals surface area contributed by atoms with E-state index in [-0.39, 0.29) is 18.3 Å². The van der Waals surface area contributed by atoms with Crippen molar-refractivity contribution in [2.24, 2.45) is 0 Å². The van der Waals surface area contributed by atoms with Crippen LogP contribution < -0.4 is 4.31 Å². The zero-order valence-electron chi connectivity index (χ0n) is 21.2. The highest BCUT2D eigenvalue weighted by Gasteiger charge is 2.35. The standard InChI is InChI=1S/C25H32FN3O6S/c1-15(2)22-20(12-11-18-13-19(14-21(30)31)35-25(3,4)34-18)23(16-7-9-17(26)10-8-16)28-24(27-22)29(5)36(6,32)33/h7-12,15,18-19H,13-14H2,1-6H3,(H,30,31)/t18-,19?/m1/s1. The number of nitrogens with zero attached hydrogens (tertiary/aromatic N) is 3. The van der Waals surface area contributed by atoms with Crippen LogP contribution in [0.2, 0.25) is 0 Å². The average molecular weight is 522 g/mol. The lowest BCUT2D eigenvalue weighted by Gasteiger charge is -2.39. The maximum atomic E-state index is 13.7. The van der Waals surface area contributed by atoms with E-state index in [0.717, 1.165) is 10.6 Å². The number of sulfonamides is 1. The van der Waals surface area contributed by atoms with Crippen LogP contribution in [0, 0.1) is 5.82 Å². The lowest BCUT2D eigenvalue weighted by atomic mass is 9.97. The SMILES string of the molecule is CC(C)c1nc(N(C)S(C)(=O)=O)nc(-c2ccc(F)cc2)c1C=C[C@@H]1CC(CC(=O)O)OC(C)(C)O1. The molecular formula is C25H32FN3O6S. The first-order chi connectivity index (χ1) is 16.7. The third-order valence-corrected chi connectivity index (χ3v) is 6.83. The highest BCUT2D eigenvalue weighted by Crippen LogP contribution is 2.33. The number of ether oxygens (including phenoxy) is 2. The summed E-state index contributed by atoms with van der Waals surface area (Å²) in [6.07, 6.45) is 3.88. The van der Waals surface area contributed by atoms with Gasteiger partial charge in [-0.05, 0) is 44.0 Å². The minimum absolute atomic E-state index is 0.00245. The number of halogens is 1. The van der Waals surface area contributed by atoms with Crippen molar-refractivity contribution in [3.63, 3.8) is 0 Å². The van der Waals surface area contributed by atoms with E-state index in [9.17, 15) is 22.7 Å². The molecule has 1 unspecified atom stereocenters. The first-order valence-electron chi connectivity index (χ1n) is 11.5. The molecule has 9 nitrogen and oxygen atoms in total. The Morgan fingerprint density at radius 1 is 1.25 bits per heavy atom. The molecule has 2 aromatic rings. The van der Waals surface area contributed by atoms with Crippen LogP contribution in [-0.4, -0.2) is 60.8 Å². The number of aromatic nitrogens is 2. The minimum Gasteiger partial charge on any atom is -0.481 e. The maximum absolute atomic E-state index is 13.7.